The Morgan fingerprint density at radius 1 is 0.571 bits per heavy atom. The highest BCUT2D eigenvalue weighted by molar-refractivity contribution is 6.20. The highest BCUT2D eigenvalue weighted by Gasteiger charge is 2.19. The third-order valence-corrected chi connectivity index (χ3v) is 8.90. The van der Waals surface area contributed by atoms with Crippen molar-refractivity contribution in [1.29, 1.82) is 5.26 Å². The van der Waals surface area contributed by atoms with E-state index < -0.39 is 5.97 Å². The molecule has 4 heterocycles. The quantitative estimate of drug-likeness (QED) is 0.192. The van der Waals surface area contributed by atoms with Gasteiger partial charge in [0.2, 0.25) is 0 Å². The van der Waals surface area contributed by atoms with Gasteiger partial charge in [-0.3, -0.25) is 18.4 Å². The van der Waals surface area contributed by atoms with E-state index in [0.29, 0.717) is 38.4 Å². The summed E-state index contributed by atoms with van der Waals surface area (Å²) < 4.78 is 3.27. The van der Waals surface area contributed by atoms with Gasteiger partial charge in [0, 0.05) is 37.7 Å². The summed E-state index contributed by atoms with van der Waals surface area (Å²) in [5, 5.41) is 24.4. The van der Waals surface area contributed by atoms with Crippen molar-refractivity contribution in [1.82, 2.24) is 18.8 Å². The third kappa shape index (κ3) is 4.14. The Balaban J connectivity index is 0.000000148. The second kappa shape index (κ2) is 11.1. The first-order valence-corrected chi connectivity index (χ1v) is 14.8. The van der Waals surface area contributed by atoms with E-state index in [2.05, 4.69) is 16.0 Å². The molecule has 0 aliphatic rings. The van der Waals surface area contributed by atoms with E-state index in [9.17, 15) is 24.8 Å². The van der Waals surface area contributed by atoms with E-state index in [0.717, 1.165) is 43.6 Å². The van der Waals surface area contributed by atoms with Gasteiger partial charge < -0.3 is 5.11 Å². The van der Waals surface area contributed by atoms with Gasteiger partial charge in [-0.2, -0.15) is 5.26 Å². The first kappa shape index (κ1) is 30.7. The predicted octanol–water partition coefficient (Wildman–Crippen LogP) is 8.03. The van der Waals surface area contributed by atoms with Crippen molar-refractivity contribution in [2.75, 3.05) is 0 Å². The van der Waals surface area contributed by atoms with Crippen LogP contribution in [0.4, 0.5) is 0 Å². The number of imidazole rings is 2. The maximum atomic E-state index is 13.0. The molecule has 0 aliphatic heterocycles. The van der Waals surface area contributed by atoms with Gasteiger partial charge in [0.1, 0.15) is 11.3 Å². The van der Waals surface area contributed by atoms with Gasteiger partial charge in [-0.1, -0.05) is 75.5 Å². The molecular formula is C40H27N5O4. The number of carboxylic acids is 1. The van der Waals surface area contributed by atoms with Crippen LogP contribution in [0.1, 0.15) is 30.8 Å². The molecule has 10 aromatic rings. The summed E-state index contributed by atoms with van der Waals surface area (Å²) in [6.45, 7) is 0. The van der Waals surface area contributed by atoms with Gasteiger partial charge >= 0.3 is 5.97 Å². The molecule has 0 fully saturated rings. The van der Waals surface area contributed by atoms with E-state index in [4.69, 9.17) is 0 Å². The van der Waals surface area contributed by atoms with Crippen LogP contribution in [0.25, 0.3) is 76.5 Å². The molecule has 0 amide bonds. The Morgan fingerprint density at radius 3 is 1.57 bits per heavy atom. The van der Waals surface area contributed by atoms with Crippen molar-refractivity contribution >= 4 is 82.4 Å². The number of fused-ring (bicyclic) bond motifs is 8. The number of nitriles is 1. The minimum absolute atomic E-state index is 0. The van der Waals surface area contributed by atoms with Crippen molar-refractivity contribution in [3.05, 3.63) is 141 Å². The molecule has 9 nitrogen and oxygen atoms in total. The van der Waals surface area contributed by atoms with Crippen LogP contribution in [0.2, 0.25) is 0 Å². The number of carboxylic acid groups (broad SMARTS) is 1. The van der Waals surface area contributed by atoms with Gasteiger partial charge in [-0.15, -0.1) is 0 Å². The van der Waals surface area contributed by atoms with Crippen molar-refractivity contribution in [3.8, 4) is 6.07 Å². The molecule has 0 bridgehead atoms. The third-order valence-electron chi connectivity index (χ3n) is 8.90. The molecule has 0 spiro atoms. The molecule has 49 heavy (non-hydrogen) atoms. The first-order valence-electron chi connectivity index (χ1n) is 14.8. The molecule has 0 saturated heterocycles. The summed E-state index contributed by atoms with van der Waals surface area (Å²) in [4.78, 5) is 46.8. The highest BCUT2D eigenvalue weighted by Crippen LogP contribution is 2.33. The summed E-state index contributed by atoms with van der Waals surface area (Å²) >= 11 is 0. The lowest BCUT2D eigenvalue weighted by Gasteiger charge is -2.09. The Morgan fingerprint density at radius 2 is 1.04 bits per heavy atom. The molecule has 4 aromatic heterocycles. The number of hydrogen-bond acceptors (Lipinski definition) is 6. The van der Waals surface area contributed by atoms with E-state index in [1.165, 1.54) is 6.07 Å². The van der Waals surface area contributed by atoms with Crippen LogP contribution in [0.3, 0.4) is 0 Å². The van der Waals surface area contributed by atoms with Crippen molar-refractivity contribution in [2.45, 2.75) is 14.9 Å². The number of hydrogen-bond donors (Lipinski definition) is 1. The lowest BCUT2D eigenvalue weighted by molar-refractivity contribution is 0.0699. The largest absolute Gasteiger partial charge is 0.478 e. The smallest absolute Gasteiger partial charge is 0.336 e. The van der Waals surface area contributed by atoms with Crippen molar-refractivity contribution in [3.63, 3.8) is 0 Å². The number of para-hydroxylation sites is 4. The molecule has 1 N–H and O–H groups in total. The zero-order valence-corrected chi connectivity index (χ0v) is 24.3. The van der Waals surface area contributed by atoms with Crippen LogP contribution in [0.5, 0.6) is 0 Å². The fraction of sp³-hybridized carbons (Fsp3) is 0.0500. The molecule has 10 rings (SSSR count). The number of rotatable bonds is 1. The lowest BCUT2D eigenvalue weighted by atomic mass is 9.98. The van der Waals surface area contributed by atoms with Crippen LogP contribution in [0.15, 0.2) is 119 Å². The average molecular weight is 642 g/mol. The summed E-state index contributed by atoms with van der Waals surface area (Å²) in [6.07, 6.45) is 0. The van der Waals surface area contributed by atoms with Gasteiger partial charge in [0.25, 0.3) is 11.1 Å². The maximum Gasteiger partial charge on any atom is 0.336 e. The molecule has 0 atom stereocenters. The Kier molecular flexibility index (Phi) is 6.96. The molecule has 0 aliphatic carbocycles. The second-order valence-electron chi connectivity index (χ2n) is 11.3. The second-order valence-corrected chi connectivity index (χ2v) is 11.3. The van der Waals surface area contributed by atoms with Crippen LogP contribution >= 0.6 is 0 Å². The molecule has 6 aromatic carbocycles. The molecule has 0 unspecified atom stereocenters. The highest BCUT2D eigenvalue weighted by atomic mass is 16.4. The molecule has 0 radical (unpaired) electrons. The van der Waals surface area contributed by atoms with E-state index in [-0.39, 0.29) is 31.5 Å². The lowest BCUT2D eigenvalue weighted by Crippen LogP contribution is -2.14. The zero-order chi connectivity index (χ0) is 32.0. The number of aromatic nitrogens is 4. The summed E-state index contributed by atoms with van der Waals surface area (Å²) in [5.41, 5.74) is 4.77. The summed E-state index contributed by atoms with van der Waals surface area (Å²) in [6, 6.07) is 35.0. The zero-order valence-electron chi connectivity index (χ0n) is 24.3. The van der Waals surface area contributed by atoms with E-state index in [1.807, 2.05) is 72.8 Å². The number of nitrogens with zero attached hydrogens (tertiary/aromatic N) is 5. The van der Waals surface area contributed by atoms with Crippen molar-refractivity contribution in [2.24, 2.45) is 0 Å². The van der Waals surface area contributed by atoms with E-state index >= 15 is 0 Å². The van der Waals surface area contributed by atoms with Crippen molar-refractivity contribution < 1.29 is 9.90 Å². The van der Waals surface area contributed by atoms with Crippen LogP contribution in [-0.4, -0.2) is 29.8 Å². The first-order chi connectivity index (χ1) is 23.0. The van der Waals surface area contributed by atoms with E-state index in [1.54, 1.807) is 39.1 Å². The van der Waals surface area contributed by atoms with Crippen LogP contribution in [0, 0.1) is 11.3 Å². The number of pyridine rings is 2. The normalized spacial score (nSPS) is 11.2. The maximum absolute atomic E-state index is 13.0. The van der Waals surface area contributed by atoms with Gasteiger partial charge in [-0.05, 0) is 53.9 Å². The Labute approximate surface area is 277 Å². The minimum atomic E-state index is -1.01. The standard InChI is InChI=1S/C19H9N3O.C19H10N2O3.2CH4/c20-10-11-8-9-14-17-12(11)4-3-5-13(17)18-21-15-6-1-2-7-16(15)22(18)19(14)23;22-18-13-9-8-11(19(23)24)10-4-3-5-12(16(10)13)17-20-14-6-1-2-7-15(14)21(17)18;;/h1-9H;1-9H,(H,23,24);2*1H4. The van der Waals surface area contributed by atoms with Gasteiger partial charge in [0.15, 0.2) is 0 Å². The average Bonchev–Trinajstić information content (AvgIpc) is 3.69. The SMILES string of the molecule is C.C.N#Cc1ccc2c(=O)n3c4ccccc4nc3c3cccc1c23.O=C(O)c1ccc2c(=O)n3c4ccccc4nc3c3cccc1c23. The Hall–Kier alpha value is -6.92. The fourth-order valence-electron chi connectivity index (χ4n) is 6.89. The van der Waals surface area contributed by atoms with Crippen LogP contribution < -0.4 is 11.1 Å². The van der Waals surface area contributed by atoms with Gasteiger partial charge in [0.05, 0.1) is 39.3 Å². The molecule has 9 heteroatoms. The van der Waals surface area contributed by atoms with Crippen LogP contribution in [-0.2, 0) is 0 Å². The monoisotopic (exact) mass is 641 g/mol. The summed E-state index contributed by atoms with van der Waals surface area (Å²) in [5.74, 6) is -1.01. The fourth-order valence-corrected chi connectivity index (χ4v) is 6.89. The van der Waals surface area contributed by atoms with Gasteiger partial charge in [-0.25, -0.2) is 14.8 Å². The molecule has 0 saturated carbocycles. The Bertz CT molecular complexity index is 3120. The number of carbonyl (C=O) groups is 1. The minimum Gasteiger partial charge on any atom is -0.478 e. The molecular weight excluding hydrogens is 614 g/mol. The molecule has 236 valence electrons. The predicted molar refractivity (Wildman–Crippen MR) is 195 cm³/mol. The topological polar surface area (TPSA) is 130 Å². The number of aromatic carboxylic acids is 1. The summed E-state index contributed by atoms with van der Waals surface area (Å²) in [7, 11) is 0. The number of benzene rings is 6.